The topological polar surface area (TPSA) is 34.3 Å². The standard InChI is InChI=1S/C15H20F2N2.C14H15F3N2/c16-12-8-13(17)10-14(9-12)19-7-1-2-15(11-19)3-5-18-6-4-15;1-9-6-11-10-4-2-3-5-12(10)18-13(11)7-19(9)8-14(15,16)17/h8-10,18H,1-7,11H2;2-5,9,18H,6-8H2,1H3. The van der Waals surface area contributed by atoms with Crippen molar-refractivity contribution < 1.29 is 22.0 Å². The van der Waals surface area contributed by atoms with E-state index in [-0.39, 0.29) is 6.04 Å². The Morgan fingerprint density at radius 3 is 2.42 bits per heavy atom. The first-order valence-corrected chi connectivity index (χ1v) is 13.4. The van der Waals surface area contributed by atoms with Gasteiger partial charge in [-0.25, -0.2) is 8.78 Å². The van der Waals surface area contributed by atoms with Crippen molar-refractivity contribution in [1.29, 1.82) is 0 Å². The summed E-state index contributed by atoms with van der Waals surface area (Å²) < 4.78 is 64.3. The molecule has 0 aliphatic carbocycles. The van der Waals surface area contributed by atoms with E-state index in [0.717, 1.165) is 55.3 Å². The molecule has 1 aromatic heterocycles. The largest absolute Gasteiger partial charge is 0.401 e. The van der Waals surface area contributed by atoms with Gasteiger partial charge in [-0.2, -0.15) is 13.2 Å². The zero-order valence-electron chi connectivity index (χ0n) is 21.7. The molecule has 4 heterocycles. The van der Waals surface area contributed by atoms with Gasteiger partial charge in [0.2, 0.25) is 0 Å². The number of para-hydroxylation sites is 1. The number of aromatic nitrogens is 1. The summed E-state index contributed by atoms with van der Waals surface area (Å²) in [5.74, 6) is -0.972. The van der Waals surface area contributed by atoms with Gasteiger partial charge in [0, 0.05) is 54.0 Å². The maximum atomic E-state index is 13.3. The summed E-state index contributed by atoms with van der Waals surface area (Å²) in [5, 5.41) is 4.53. The minimum atomic E-state index is -4.14. The molecule has 0 amide bonds. The van der Waals surface area contributed by atoms with E-state index < -0.39 is 24.4 Å². The van der Waals surface area contributed by atoms with Crippen molar-refractivity contribution >= 4 is 16.6 Å². The van der Waals surface area contributed by atoms with Crippen molar-refractivity contribution in [3.63, 3.8) is 0 Å². The number of rotatable bonds is 2. The van der Waals surface area contributed by atoms with Crippen LogP contribution in [0, 0.1) is 17.0 Å². The molecule has 3 aliphatic heterocycles. The highest BCUT2D eigenvalue weighted by Crippen LogP contribution is 2.39. The number of nitrogens with one attached hydrogen (secondary N) is 2. The number of aromatic amines is 1. The second kappa shape index (κ2) is 10.8. The normalized spacial score (nSPS) is 21.7. The fraction of sp³-hybridized carbons (Fsp3) is 0.517. The van der Waals surface area contributed by atoms with Crippen LogP contribution in [0.1, 0.15) is 43.9 Å². The molecule has 0 saturated carbocycles. The quantitative estimate of drug-likeness (QED) is 0.373. The van der Waals surface area contributed by atoms with E-state index in [1.807, 2.05) is 31.2 Å². The highest BCUT2D eigenvalue weighted by atomic mass is 19.4. The Hall–Kier alpha value is -2.65. The molecule has 2 aromatic carbocycles. The lowest BCUT2D eigenvalue weighted by atomic mass is 9.73. The molecule has 38 heavy (non-hydrogen) atoms. The van der Waals surface area contributed by atoms with Crippen molar-refractivity contribution in [3.05, 3.63) is 65.4 Å². The number of alkyl halides is 3. The summed E-state index contributed by atoms with van der Waals surface area (Å²) >= 11 is 0. The first-order valence-electron chi connectivity index (χ1n) is 13.4. The predicted octanol–water partition coefficient (Wildman–Crippen LogP) is 6.41. The first kappa shape index (κ1) is 26.9. The van der Waals surface area contributed by atoms with Crippen LogP contribution in [0.4, 0.5) is 27.6 Å². The van der Waals surface area contributed by atoms with Crippen molar-refractivity contribution in [2.24, 2.45) is 5.41 Å². The second-order valence-corrected chi connectivity index (χ2v) is 11.1. The molecule has 3 aromatic rings. The van der Waals surface area contributed by atoms with Gasteiger partial charge < -0.3 is 15.2 Å². The second-order valence-electron chi connectivity index (χ2n) is 11.1. The van der Waals surface area contributed by atoms with Crippen LogP contribution in [0.15, 0.2) is 42.5 Å². The van der Waals surface area contributed by atoms with Crippen molar-refractivity contribution in [2.75, 3.05) is 37.6 Å². The molecule has 0 radical (unpaired) electrons. The molecule has 6 rings (SSSR count). The monoisotopic (exact) mass is 534 g/mol. The number of fused-ring (bicyclic) bond motifs is 3. The lowest BCUT2D eigenvalue weighted by Crippen LogP contribution is -2.48. The average molecular weight is 535 g/mol. The fourth-order valence-electron chi connectivity index (χ4n) is 6.36. The summed E-state index contributed by atoms with van der Waals surface area (Å²) in [7, 11) is 0. The third-order valence-corrected chi connectivity index (χ3v) is 8.31. The summed E-state index contributed by atoms with van der Waals surface area (Å²) in [4.78, 5) is 6.88. The molecular formula is C29H35F5N4. The molecule has 2 fully saturated rings. The lowest BCUT2D eigenvalue weighted by Gasteiger charge is -2.46. The Balaban J connectivity index is 0.000000155. The maximum Gasteiger partial charge on any atom is 0.401 e. The molecule has 1 unspecified atom stereocenters. The van der Waals surface area contributed by atoms with Crippen LogP contribution in [-0.2, 0) is 13.0 Å². The van der Waals surface area contributed by atoms with Crippen LogP contribution in [0.5, 0.6) is 0 Å². The molecule has 1 spiro atoms. The van der Waals surface area contributed by atoms with Gasteiger partial charge >= 0.3 is 6.18 Å². The van der Waals surface area contributed by atoms with Crippen LogP contribution in [0.3, 0.4) is 0 Å². The fourth-order valence-corrected chi connectivity index (χ4v) is 6.36. The van der Waals surface area contributed by atoms with E-state index in [9.17, 15) is 22.0 Å². The maximum absolute atomic E-state index is 13.3. The summed E-state index contributed by atoms with van der Waals surface area (Å²) in [6, 6.07) is 11.6. The molecule has 3 aliphatic rings. The first-order chi connectivity index (χ1) is 18.1. The zero-order chi connectivity index (χ0) is 26.9. The Bertz CT molecular complexity index is 1220. The van der Waals surface area contributed by atoms with E-state index in [0.29, 0.717) is 24.1 Å². The Labute approximate surface area is 220 Å². The number of anilines is 1. The number of nitrogens with zero attached hydrogens (tertiary/aromatic N) is 2. The number of hydrogen-bond acceptors (Lipinski definition) is 3. The van der Waals surface area contributed by atoms with Gasteiger partial charge in [0.05, 0.1) is 6.54 Å². The van der Waals surface area contributed by atoms with Crippen LogP contribution in [0.25, 0.3) is 10.9 Å². The molecule has 206 valence electrons. The molecule has 0 bridgehead atoms. The minimum absolute atomic E-state index is 0.0895. The van der Waals surface area contributed by atoms with Gasteiger partial charge in [0.25, 0.3) is 0 Å². The van der Waals surface area contributed by atoms with Gasteiger partial charge in [-0.15, -0.1) is 0 Å². The van der Waals surface area contributed by atoms with Gasteiger partial charge in [-0.05, 0) is 81.3 Å². The van der Waals surface area contributed by atoms with E-state index in [4.69, 9.17) is 0 Å². The number of hydrogen-bond donors (Lipinski definition) is 2. The Kier molecular flexibility index (Phi) is 7.69. The van der Waals surface area contributed by atoms with E-state index in [2.05, 4.69) is 15.2 Å². The SMILES string of the molecule is CC1Cc2c([nH]c3ccccc23)CN1CC(F)(F)F.Fc1cc(F)cc(N2CCCC3(CCNCC3)C2)c1. The molecule has 2 saturated heterocycles. The summed E-state index contributed by atoms with van der Waals surface area (Å²) in [5.41, 5.74) is 4.13. The summed E-state index contributed by atoms with van der Waals surface area (Å²) in [6.45, 7) is 5.30. The highest BCUT2D eigenvalue weighted by molar-refractivity contribution is 5.84. The van der Waals surface area contributed by atoms with Crippen molar-refractivity contribution in [2.45, 2.75) is 57.8 Å². The van der Waals surface area contributed by atoms with E-state index in [1.165, 1.54) is 41.9 Å². The predicted molar refractivity (Wildman–Crippen MR) is 140 cm³/mol. The molecule has 1 atom stereocenters. The number of piperidine rings is 2. The number of halogens is 5. The highest BCUT2D eigenvalue weighted by Gasteiger charge is 2.37. The summed E-state index contributed by atoms with van der Waals surface area (Å²) in [6.07, 6.45) is 1.21. The van der Waals surface area contributed by atoms with Gasteiger partial charge in [0.15, 0.2) is 0 Å². The van der Waals surface area contributed by atoms with E-state index in [1.54, 1.807) is 0 Å². The molecule has 2 N–H and O–H groups in total. The smallest absolute Gasteiger partial charge is 0.371 e. The van der Waals surface area contributed by atoms with Crippen molar-refractivity contribution in [3.8, 4) is 0 Å². The van der Waals surface area contributed by atoms with Gasteiger partial charge in [-0.1, -0.05) is 18.2 Å². The van der Waals surface area contributed by atoms with Crippen molar-refractivity contribution in [1.82, 2.24) is 15.2 Å². The van der Waals surface area contributed by atoms with Gasteiger partial charge in [-0.3, -0.25) is 4.90 Å². The molecule has 4 nitrogen and oxygen atoms in total. The zero-order valence-corrected chi connectivity index (χ0v) is 21.7. The minimum Gasteiger partial charge on any atom is -0.371 e. The van der Waals surface area contributed by atoms with E-state index >= 15 is 0 Å². The van der Waals surface area contributed by atoms with Crippen LogP contribution < -0.4 is 10.2 Å². The number of H-pyrrole nitrogens is 1. The molecular weight excluding hydrogens is 499 g/mol. The molecule has 9 heteroatoms. The van der Waals surface area contributed by atoms with Gasteiger partial charge in [0.1, 0.15) is 11.6 Å². The van der Waals surface area contributed by atoms with Crippen LogP contribution in [-0.4, -0.2) is 54.8 Å². The average Bonchev–Trinajstić information content (AvgIpc) is 3.21. The lowest BCUT2D eigenvalue weighted by molar-refractivity contribution is -0.152. The van der Waals surface area contributed by atoms with Crippen LogP contribution in [0.2, 0.25) is 0 Å². The van der Waals surface area contributed by atoms with Crippen LogP contribution >= 0.6 is 0 Å². The number of benzene rings is 2. The Morgan fingerprint density at radius 1 is 1.00 bits per heavy atom. The Morgan fingerprint density at radius 2 is 1.71 bits per heavy atom. The third kappa shape index (κ3) is 6.15. The third-order valence-electron chi connectivity index (χ3n) is 8.31.